The van der Waals surface area contributed by atoms with Gasteiger partial charge >= 0.3 is 0 Å². The summed E-state index contributed by atoms with van der Waals surface area (Å²) in [6.45, 7) is 3.19. The Labute approximate surface area is 212 Å². The summed E-state index contributed by atoms with van der Waals surface area (Å²) in [7, 11) is 0. The summed E-state index contributed by atoms with van der Waals surface area (Å²) in [5.41, 5.74) is 8.88. The number of hydrogen-bond donors (Lipinski definition) is 3. The molecule has 0 aliphatic carbocycles. The lowest BCUT2D eigenvalue weighted by molar-refractivity contribution is -0.115. The number of anilines is 1. The molecule has 2 aromatic carbocycles. The Bertz CT molecular complexity index is 1640. The van der Waals surface area contributed by atoms with Gasteiger partial charge in [-0.2, -0.15) is 5.10 Å². The predicted molar refractivity (Wildman–Crippen MR) is 139 cm³/mol. The van der Waals surface area contributed by atoms with E-state index >= 15 is 0 Å². The number of hydrogen-bond acceptors (Lipinski definition) is 6. The van der Waals surface area contributed by atoms with Crippen LogP contribution < -0.4 is 10.6 Å². The Morgan fingerprint density at radius 1 is 1.06 bits per heavy atom. The van der Waals surface area contributed by atoms with Crippen LogP contribution in [0.5, 0.6) is 0 Å². The van der Waals surface area contributed by atoms with Crippen LogP contribution in [0.2, 0.25) is 0 Å². The van der Waals surface area contributed by atoms with Crippen molar-refractivity contribution in [3.05, 3.63) is 71.5 Å². The SMILES string of the molecule is CC1NCCc2ccc(-n3cc(-c4n[nH]c5ccc(-c6cnc7c(c6)CC(=O)N7)cc45)nn3)cc21.Cl. The number of aromatic amines is 1. The average molecular weight is 499 g/mol. The largest absolute Gasteiger partial charge is 0.310 e. The van der Waals surface area contributed by atoms with Crippen LogP contribution in [0.25, 0.3) is 39.1 Å². The van der Waals surface area contributed by atoms with Crippen molar-refractivity contribution in [1.29, 1.82) is 0 Å². The smallest absolute Gasteiger partial charge is 0.230 e. The monoisotopic (exact) mass is 498 g/mol. The molecule has 0 bridgehead atoms. The van der Waals surface area contributed by atoms with Crippen LogP contribution >= 0.6 is 12.4 Å². The number of benzene rings is 2. The van der Waals surface area contributed by atoms with Crippen LogP contribution in [0.1, 0.15) is 29.7 Å². The summed E-state index contributed by atoms with van der Waals surface area (Å²) < 4.78 is 1.80. The first kappa shape index (κ1) is 22.4. The van der Waals surface area contributed by atoms with E-state index in [0.717, 1.165) is 51.9 Å². The van der Waals surface area contributed by atoms with Gasteiger partial charge in [-0.3, -0.25) is 9.89 Å². The molecule has 10 heteroatoms. The highest BCUT2D eigenvalue weighted by atomic mass is 35.5. The first-order valence-corrected chi connectivity index (χ1v) is 11.7. The molecule has 1 unspecified atom stereocenters. The zero-order chi connectivity index (χ0) is 23.5. The predicted octanol–water partition coefficient (Wildman–Crippen LogP) is 4.00. The van der Waals surface area contributed by atoms with Gasteiger partial charge in [-0.25, -0.2) is 9.67 Å². The second-order valence-electron chi connectivity index (χ2n) is 9.15. The molecule has 0 saturated carbocycles. The molecular weight excluding hydrogens is 476 g/mol. The van der Waals surface area contributed by atoms with Crippen LogP contribution in [-0.4, -0.2) is 42.6 Å². The summed E-state index contributed by atoms with van der Waals surface area (Å²) in [4.78, 5) is 16.1. The Hall–Kier alpha value is -4.08. The van der Waals surface area contributed by atoms with Gasteiger partial charge in [-0.05, 0) is 66.9 Å². The second kappa shape index (κ2) is 8.54. The van der Waals surface area contributed by atoms with Gasteiger partial charge in [0.25, 0.3) is 0 Å². The van der Waals surface area contributed by atoms with E-state index in [-0.39, 0.29) is 18.3 Å². The average Bonchev–Trinajstić information content (AvgIpc) is 3.60. The van der Waals surface area contributed by atoms with Gasteiger partial charge in [0, 0.05) is 28.8 Å². The normalized spacial score (nSPS) is 16.4. The number of halogens is 1. The zero-order valence-electron chi connectivity index (χ0n) is 19.4. The molecule has 2 aliphatic rings. The fourth-order valence-corrected chi connectivity index (χ4v) is 5.04. The highest BCUT2D eigenvalue weighted by molar-refractivity contribution is 5.99. The number of pyridine rings is 1. The summed E-state index contributed by atoms with van der Waals surface area (Å²) in [6.07, 6.45) is 5.10. The highest BCUT2D eigenvalue weighted by Crippen LogP contribution is 2.32. The van der Waals surface area contributed by atoms with Gasteiger partial charge < -0.3 is 10.6 Å². The van der Waals surface area contributed by atoms with Gasteiger partial charge in [0.1, 0.15) is 17.2 Å². The lowest BCUT2D eigenvalue weighted by atomic mass is 9.95. The minimum atomic E-state index is -0.0232. The number of carbonyl (C=O) groups excluding carboxylic acids is 1. The third-order valence-corrected chi connectivity index (χ3v) is 6.91. The molecule has 0 radical (unpaired) electrons. The van der Waals surface area contributed by atoms with E-state index < -0.39 is 0 Å². The maximum Gasteiger partial charge on any atom is 0.230 e. The minimum Gasteiger partial charge on any atom is -0.310 e. The van der Waals surface area contributed by atoms with E-state index in [1.807, 2.05) is 24.4 Å². The van der Waals surface area contributed by atoms with E-state index in [0.29, 0.717) is 24.0 Å². The summed E-state index contributed by atoms with van der Waals surface area (Å²) >= 11 is 0. The Kier molecular flexibility index (Phi) is 5.31. The molecule has 2 aliphatic heterocycles. The standard InChI is InChI=1S/C26H22N8O.ClH/c1-14-20-11-19(4-2-15(20)6-7-27-14)34-13-23(31-33-34)25-21-9-16(3-5-22(21)30-32-25)18-8-17-10-24(35)29-26(17)28-12-18;/h2-5,8-9,11-14,27H,6-7,10H2,1H3,(H,30,32)(H,28,29,35);1H. The van der Waals surface area contributed by atoms with Gasteiger partial charge in [-0.1, -0.05) is 17.3 Å². The van der Waals surface area contributed by atoms with E-state index in [1.54, 1.807) is 10.9 Å². The molecule has 5 aromatic rings. The van der Waals surface area contributed by atoms with Crippen LogP contribution in [-0.2, 0) is 17.6 Å². The first-order chi connectivity index (χ1) is 17.1. The summed E-state index contributed by atoms with van der Waals surface area (Å²) in [5, 5.41) is 23.7. The van der Waals surface area contributed by atoms with Crippen LogP contribution in [0, 0.1) is 0 Å². The van der Waals surface area contributed by atoms with Gasteiger partial charge in [0.15, 0.2) is 0 Å². The van der Waals surface area contributed by atoms with E-state index in [2.05, 4.69) is 67.3 Å². The summed E-state index contributed by atoms with van der Waals surface area (Å²) in [6, 6.07) is 14.9. The van der Waals surface area contributed by atoms with Crippen molar-refractivity contribution in [2.24, 2.45) is 0 Å². The van der Waals surface area contributed by atoms with Crippen LogP contribution in [0.4, 0.5) is 5.82 Å². The van der Waals surface area contributed by atoms with Crippen LogP contribution in [0.15, 0.2) is 54.9 Å². The fourth-order valence-electron chi connectivity index (χ4n) is 5.04. The molecule has 180 valence electrons. The molecule has 3 N–H and O–H groups in total. The Morgan fingerprint density at radius 2 is 1.97 bits per heavy atom. The van der Waals surface area contributed by atoms with Crippen molar-refractivity contribution < 1.29 is 4.79 Å². The quantitative estimate of drug-likeness (QED) is 0.346. The molecule has 0 spiro atoms. The fraction of sp³-hybridized carbons (Fsp3) is 0.192. The van der Waals surface area contributed by atoms with Crippen molar-refractivity contribution >= 4 is 35.0 Å². The number of H-pyrrole nitrogens is 1. The molecule has 1 amide bonds. The maximum atomic E-state index is 11.7. The Balaban J connectivity index is 0.00000240. The number of aromatic nitrogens is 6. The number of rotatable bonds is 3. The second-order valence-corrected chi connectivity index (χ2v) is 9.15. The van der Waals surface area contributed by atoms with Gasteiger partial charge in [-0.15, -0.1) is 17.5 Å². The topological polar surface area (TPSA) is 113 Å². The number of fused-ring (bicyclic) bond motifs is 3. The molecule has 0 saturated heterocycles. The molecule has 1 atom stereocenters. The van der Waals surface area contributed by atoms with Crippen molar-refractivity contribution in [2.75, 3.05) is 11.9 Å². The molecule has 3 aromatic heterocycles. The molecule has 36 heavy (non-hydrogen) atoms. The minimum absolute atomic E-state index is 0. The lowest BCUT2D eigenvalue weighted by Gasteiger charge is -2.24. The van der Waals surface area contributed by atoms with Gasteiger partial charge in [0.2, 0.25) is 5.91 Å². The van der Waals surface area contributed by atoms with Crippen molar-refractivity contribution in [3.8, 4) is 28.2 Å². The van der Waals surface area contributed by atoms with E-state index in [9.17, 15) is 4.79 Å². The third-order valence-electron chi connectivity index (χ3n) is 6.91. The van der Waals surface area contributed by atoms with E-state index in [4.69, 9.17) is 0 Å². The van der Waals surface area contributed by atoms with E-state index in [1.165, 1.54) is 11.1 Å². The number of nitrogens with one attached hydrogen (secondary N) is 3. The molecular formula is C26H23ClN8O. The van der Waals surface area contributed by atoms with Gasteiger partial charge in [0.05, 0.1) is 23.8 Å². The first-order valence-electron chi connectivity index (χ1n) is 11.7. The van der Waals surface area contributed by atoms with Crippen molar-refractivity contribution in [2.45, 2.75) is 25.8 Å². The lowest BCUT2D eigenvalue weighted by Crippen LogP contribution is -2.27. The number of carbonyl (C=O) groups is 1. The van der Waals surface area contributed by atoms with Crippen molar-refractivity contribution in [1.82, 2.24) is 35.5 Å². The molecule has 7 rings (SSSR count). The van der Waals surface area contributed by atoms with Crippen molar-refractivity contribution in [3.63, 3.8) is 0 Å². The molecule has 5 heterocycles. The number of nitrogens with zero attached hydrogens (tertiary/aromatic N) is 5. The Morgan fingerprint density at radius 3 is 2.89 bits per heavy atom. The highest BCUT2D eigenvalue weighted by Gasteiger charge is 2.20. The van der Waals surface area contributed by atoms with Crippen LogP contribution in [0.3, 0.4) is 0 Å². The third kappa shape index (κ3) is 3.64. The molecule has 0 fully saturated rings. The maximum absolute atomic E-state index is 11.7. The zero-order valence-corrected chi connectivity index (χ0v) is 20.3. The summed E-state index contributed by atoms with van der Waals surface area (Å²) in [5.74, 6) is 0.623. The number of amides is 1. The molecule has 9 nitrogen and oxygen atoms in total.